The number of amidine groups is 1. The first-order chi connectivity index (χ1) is 3.43. The van der Waals surface area contributed by atoms with Gasteiger partial charge in [-0.2, -0.15) is 5.26 Å². The van der Waals surface area contributed by atoms with Crippen LogP contribution in [0.3, 0.4) is 0 Å². The summed E-state index contributed by atoms with van der Waals surface area (Å²) in [6.07, 6.45) is 2.97. The third-order valence-electron chi connectivity index (χ3n) is 0.560. The highest BCUT2D eigenvalue weighted by atomic mass is 15.0. The molecular formula is C4H2N3. The van der Waals surface area contributed by atoms with Crippen molar-refractivity contribution in [2.45, 2.75) is 0 Å². The number of nitrogens with zero attached hydrogens (tertiary/aromatic N) is 3. The summed E-state index contributed by atoms with van der Waals surface area (Å²) in [6, 6.07) is 1.78. The minimum Gasteiger partial charge on any atom is -0.226 e. The van der Waals surface area contributed by atoms with Crippen LogP contribution in [0.25, 0.3) is 0 Å². The van der Waals surface area contributed by atoms with E-state index in [0.29, 0.717) is 0 Å². The Kier molecular flexibility index (Phi) is 0.794. The third-order valence-corrected chi connectivity index (χ3v) is 0.560. The summed E-state index contributed by atoms with van der Waals surface area (Å²) in [6.45, 7) is 0. The summed E-state index contributed by atoms with van der Waals surface area (Å²) in [5, 5.41) is 11.6. The first kappa shape index (κ1) is 3.88. The molecule has 0 aromatic heterocycles. The average molecular weight is 92.1 g/mol. The highest BCUT2D eigenvalue weighted by Crippen LogP contribution is 1.85. The molecule has 0 amide bonds. The van der Waals surface area contributed by atoms with Gasteiger partial charge in [-0.3, -0.25) is 0 Å². The molecule has 1 heterocycles. The van der Waals surface area contributed by atoms with Crippen LogP contribution < -0.4 is 5.32 Å². The molecule has 0 spiro atoms. The van der Waals surface area contributed by atoms with Crippen molar-refractivity contribution in [3.63, 3.8) is 0 Å². The molecule has 1 rings (SSSR count). The van der Waals surface area contributed by atoms with Crippen molar-refractivity contribution in [1.82, 2.24) is 5.32 Å². The second-order valence-corrected chi connectivity index (χ2v) is 0.992. The van der Waals surface area contributed by atoms with Gasteiger partial charge in [0.05, 0.1) is 0 Å². The van der Waals surface area contributed by atoms with Gasteiger partial charge in [-0.25, -0.2) is 10.3 Å². The SMILES string of the molecule is N#CC1=NC=C[N]1. The normalized spacial score (nSPS) is 15.0. The largest absolute Gasteiger partial charge is 0.232 e. The quantitative estimate of drug-likeness (QED) is 0.414. The van der Waals surface area contributed by atoms with E-state index < -0.39 is 0 Å². The topological polar surface area (TPSA) is 50.2 Å². The summed E-state index contributed by atoms with van der Waals surface area (Å²) in [5.74, 6) is 0.236. The molecule has 33 valence electrons. The summed E-state index contributed by atoms with van der Waals surface area (Å²) in [7, 11) is 0. The van der Waals surface area contributed by atoms with Crippen molar-refractivity contribution in [3.8, 4) is 6.07 Å². The molecule has 0 aliphatic carbocycles. The molecule has 0 unspecified atom stereocenters. The van der Waals surface area contributed by atoms with Crippen molar-refractivity contribution < 1.29 is 0 Å². The van der Waals surface area contributed by atoms with E-state index in [1.807, 2.05) is 0 Å². The van der Waals surface area contributed by atoms with Crippen LogP contribution in [0.4, 0.5) is 0 Å². The van der Waals surface area contributed by atoms with Gasteiger partial charge in [0, 0.05) is 12.4 Å². The highest BCUT2D eigenvalue weighted by Gasteiger charge is 1.95. The Bertz CT molecular complexity index is 160. The zero-order chi connectivity index (χ0) is 5.11. The Hall–Kier alpha value is -1.30. The maximum Gasteiger partial charge on any atom is 0.232 e. The van der Waals surface area contributed by atoms with E-state index in [1.54, 1.807) is 6.07 Å². The van der Waals surface area contributed by atoms with Crippen LogP contribution in [0.15, 0.2) is 17.4 Å². The molecule has 0 saturated carbocycles. The molecule has 0 N–H and O–H groups in total. The van der Waals surface area contributed by atoms with Crippen LogP contribution in [0.1, 0.15) is 0 Å². The van der Waals surface area contributed by atoms with Gasteiger partial charge in [0.2, 0.25) is 5.84 Å². The Morgan fingerprint density at radius 2 is 2.43 bits per heavy atom. The van der Waals surface area contributed by atoms with E-state index in [-0.39, 0.29) is 5.84 Å². The van der Waals surface area contributed by atoms with Gasteiger partial charge in [0.15, 0.2) is 0 Å². The van der Waals surface area contributed by atoms with Crippen LogP contribution in [-0.4, -0.2) is 5.84 Å². The fraction of sp³-hybridized carbons (Fsp3) is 0. The van der Waals surface area contributed by atoms with Gasteiger partial charge in [-0.1, -0.05) is 0 Å². The zero-order valence-electron chi connectivity index (χ0n) is 3.50. The standard InChI is InChI=1S/C4H2N3/c5-3-4-6-1-2-7-4/h1-2H. The molecule has 0 fully saturated rings. The van der Waals surface area contributed by atoms with Gasteiger partial charge in [0.1, 0.15) is 6.07 Å². The van der Waals surface area contributed by atoms with E-state index in [0.717, 1.165) is 0 Å². The van der Waals surface area contributed by atoms with E-state index in [9.17, 15) is 0 Å². The third kappa shape index (κ3) is 0.578. The van der Waals surface area contributed by atoms with Gasteiger partial charge in [-0.15, -0.1) is 0 Å². The second-order valence-electron chi connectivity index (χ2n) is 0.992. The summed E-state index contributed by atoms with van der Waals surface area (Å²) in [5.41, 5.74) is 0. The lowest BCUT2D eigenvalue weighted by Crippen LogP contribution is -2.00. The number of aliphatic imine (C=N–C) groups is 1. The average Bonchev–Trinajstić information content (AvgIpc) is 2.14. The van der Waals surface area contributed by atoms with Crippen molar-refractivity contribution in [1.29, 1.82) is 5.26 Å². The van der Waals surface area contributed by atoms with Crippen molar-refractivity contribution >= 4 is 5.84 Å². The summed E-state index contributed by atoms with van der Waals surface area (Å²) < 4.78 is 0. The Morgan fingerprint density at radius 3 is 2.71 bits per heavy atom. The molecule has 0 bridgehead atoms. The van der Waals surface area contributed by atoms with Gasteiger partial charge < -0.3 is 0 Å². The van der Waals surface area contributed by atoms with Crippen LogP contribution in [-0.2, 0) is 0 Å². The molecule has 0 aromatic rings. The van der Waals surface area contributed by atoms with Gasteiger partial charge >= 0.3 is 0 Å². The van der Waals surface area contributed by atoms with Gasteiger partial charge in [-0.05, 0) is 0 Å². The first-order valence-electron chi connectivity index (χ1n) is 1.77. The lowest BCUT2D eigenvalue weighted by Gasteiger charge is -1.74. The van der Waals surface area contributed by atoms with Crippen molar-refractivity contribution in [2.24, 2.45) is 4.99 Å². The lowest BCUT2D eigenvalue weighted by atomic mass is 10.7. The maximum absolute atomic E-state index is 8.05. The Morgan fingerprint density at radius 1 is 1.57 bits per heavy atom. The van der Waals surface area contributed by atoms with Crippen LogP contribution in [0, 0.1) is 11.3 Å². The second kappa shape index (κ2) is 1.43. The lowest BCUT2D eigenvalue weighted by molar-refractivity contribution is 1.30. The number of nitriles is 1. The number of rotatable bonds is 0. The molecule has 1 radical (unpaired) electrons. The molecule has 0 aromatic carbocycles. The molecular weight excluding hydrogens is 90.1 g/mol. The maximum atomic E-state index is 8.05. The van der Waals surface area contributed by atoms with Crippen molar-refractivity contribution in [2.75, 3.05) is 0 Å². The van der Waals surface area contributed by atoms with Crippen LogP contribution in [0.5, 0.6) is 0 Å². The molecule has 3 nitrogen and oxygen atoms in total. The van der Waals surface area contributed by atoms with E-state index in [1.165, 1.54) is 12.4 Å². The van der Waals surface area contributed by atoms with Crippen molar-refractivity contribution in [3.05, 3.63) is 12.4 Å². The fourth-order valence-electron chi connectivity index (χ4n) is 0.299. The minimum atomic E-state index is 0.236. The van der Waals surface area contributed by atoms with E-state index >= 15 is 0 Å². The first-order valence-corrected chi connectivity index (χ1v) is 1.77. The number of hydrogen-bond acceptors (Lipinski definition) is 2. The molecule has 0 saturated heterocycles. The summed E-state index contributed by atoms with van der Waals surface area (Å²) >= 11 is 0. The predicted molar refractivity (Wildman–Crippen MR) is 24.3 cm³/mol. The van der Waals surface area contributed by atoms with E-state index in [4.69, 9.17) is 5.26 Å². The smallest absolute Gasteiger partial charge is 0.226 e. The van der Waals surface area contributed by atoms with Crippen LogP contribution >= 0.6 is 0 Å². The summed E-state index contributed by atoms with van der Waals surface area (Å²) in [4.78, 5) is 3.56. The molecule has 3 heteroatoms. The zero-order valence-corrected chi connectivity index (χ0v) is 3.50. The monoisotopic (exact) mass is 92.0 g/mol. The molecule has 1 aliphatic rings. The molecule has 1 aliphatic heterocycles. The van der Waals surface area contributed by atoms with Crippen LogP contribution in [0.2, 0.25) is 0 Å². The molecule has 7 heavy (non-hydrogen) atoms. The highest BCUT2D eigenvalue weighted by molar-refractivity contribution is 5.98. The fourth-order valence-corrected chi connectivity index (χ4v) is 0.299. The van der Waals surface area contributed by atoms with E-state index in [2.05, 4.69) is 10.3 Å². The Labute approximate surface area is 41.0 Å². The number of hydrogen-bond donors (Lipinski definition) is 0. The van der Waals surface area contributed by atoms with Gasteiger partial charge in [0.25, 0.3) is 0 Å². The molecule has 0 atom stereocenters. The predicted octanol–water partition coefficient (Wildman–Crippen LogP) is -0.00232. The minimum absolute atomic E-state index is 0.236. The Balaban J connectivity index is 2.67.